The minimum absolute atomic E-state index is 0.00948. The number of nitrogens with one attached hydrogen (secondary N) is 1. The number of carbonyl (C=O) groups excluding carboxylic acids is 1. The maximum atomic E-state index is 12.5. The van der Waals surface area contributed by atoms with E-state index in [0.29, 0.717) is 12.5 Å². The zero-order valence-corrected chi connectivity index (χ0v) is 13.4. The zero-order chi connectivity index (χ0) is 16.1. The van der Waals surface area contributed by atoms with E-state index in [-0.39, 0.29) is 11.9 Å². The Morgan fingerprint density at radius 1 is 1.04 bits per heavy atom. The monoisotopic (exact) mass is 308 g/mol. The smallest absolute Gasteiger partial charge is 0.251 e. The molecule has 1 atom stereocenters. The van der Waals surface area contributed by atoms with Crippen LogP contribution in [0.1, 0.15) is 34.3 Å². The minimum Gasteiger partial charge on any atom is -0.350 e. The van der Waals surface area contributed by atoms with Crippen molar-refractivity contribution in [2.75, 3.05) is 6.54 Å². The molecular weight excluding hydrogens is 284 g/mol. The van der Waals surface area contributed by atoms with Gasteiger partial charge in [-0.15, -0.1) is 0 Å². The normalized spacial score (nSPS) is 15.2. The summed E-state index contributed by atoms with van der Waals surface area (Å²) >= 11 is 0. The number of nitrogens with two attached hydrogens (primary N) is 1. The van der Waals surface area contributed by atoms with Gasteiger partial charge < -0.3 is 11.1 Å². The fourth-order valence-corrected chi connectivity index (χ4v) is 2.88. The van der Waals surface area contributed by atoms with Crippen molar-refractivity contribution in [3.05, 3.63) is 71.3 Å². The third-order valence-electron chi connectivity index (χ3n) is 4.51. The summed E-state index contributed by atoms with van der Waals surface area (Å²) in [5.74, 6) is 0.591. The van der Waals surface area contributed by atoms with Crippen molar-refractivity contribution in [2.24, 2.45) is 11.7 Å². The molecule has 0 aliphatic heterocycles. The van der Waals surface area contributed by atoms with Gasteiger partial charge in [-0.1, -0.05) is 48.5 Å². The van der Waals surface area contributed by atoms with Gasteiger partial charge in [0.2, 0.25) is 0 Å². The fourth-order valence-electron chi connectivity index (χ4n) is 2.88. The molecule has 0 heterocycles. The Morgan fingerprint density at radius 2 is 1.74 bits per heavy atom. The third kappa shape index (κ3) is 4.42. The maximum absolute atomic E-state index is 12.5. The van der Waals surface area contributed by atoms with Crippen LogP contribution in [-0.4, -0.2) is 18.5 Å². The van der Waals surface area contributed by atoms with Gasteiger partial charge >= 0.3 is 0 Å². The highest BCUT2D eigenvalue weighted by molar-refractivity contribution is 5.95. The van der Waals surface area contributed by atoms with E-state index in [2.05, 4.69) is 17.4 Å². The molecule has 2 aromatic carbocycles. The second kappa shape index (κ2) is 7.42. The van der Waals surface area contributed by atoms with Crippen molar-refractivity contribution < 1.29 is 4.79 Å². The molecule has 0 bridgehead atoms. The molecule has 3 rings (SSSR count). The summed E-state index contributed by atoms with van der Waals surface area (Å²) in [6.07, 6.45) is 4.20. The average molecular weight is 308 g/mol. The molecular formula is C20H24N2O. The van der Waals surface area contributed by atoms with Gasteiger partial charge in [0.05, 0.1) is 0 Å². The largest absolute Gasteiger partial charge is 0.350 e. The van der Waals surface area contributed by atoms with Gasteiger partial charge in [-0.05, 0) is 48.8 Å². The average Bonchev–Trinajstić information content (AvgIpc) is 3.44. The van der Waals surface area contributed by atoms with Crippen molar-refractivity contribution in [3.8, 4) is 0 Å². The predicted molar refractivity (Wildman–Crippen MR) is 93.3 cm³/mol. The molecule has 3 N–H and O–H groups in total. The molecule has 0 aromatic heterocycles. The summed E-state index contributed by atoms with van der Waals surface area (Å²) in [4.78, 5) is 12.5. The first-order valence-corrected chi connectivity index (χ1v) is 8.39. The highest BCUT2D eigenvalue weighted by Gasteiger charge is 2.28. The summed E-state index contributed by atoms with van der Waals surface area (Å²) in [6.45, 7) is 0.566. The molecule has 120 valence electrons. The highest BCUT2D eigenvalue weighted by Crippen LogP contribution is 2.31. The molecule has 1 unspecified atom stereocenters. The van der Waals surface area contributed by atoms with Gasteiger partial charge in [0, 0.05) is 18.2 Å². The Morgan fingerprint density at radius 3 is 2.48 bits per heavy atom. The van der Waals surface area contributed by atoms with Gasteiger partial charge in [-0.25, -0.2) is 0 Å². The van der Waals surface area contributed by atoms with E-state index in [0.717, 1.165) is 24.0 Å². The van der Waals surface area contributed by atoms with E-state index in [1.807, 2.05) is 42.5 Å². The van der Waals surface area contributed by atoms with Gasteiger partial charge in [0.25, 0.3) is 5.91 Å². The number of amides is 1. The lowest BCUT2D eigenvalue weighted by atomic mass is 9.99. The zero-order valence-electron chi connectivity index (χ0n) is 13.4. The molecule has 1 fully saturated rings. The molecule has 0 radical (unpaired) electrons. The minimum atomic E-state index is -0.00948. The number of hydrogen-bond acceptors (Lipinski definition) is 2. The molecule has 3 heteroatoms. The lowest BCUT2D eigenvalue weighted by molar-refractivity contribution is 0.0949. The Bertz CT molecular complexity index is 650. The summed E-state index contributed by atoms with van der Waals surface area (Å²) < 4.78 is 0. The third-order valence-corrected chi connectivity index (χ3v) is 4.51. The van der Waals surface area contributed by atoms with E-state index in [4.69, 9.17) is 5.73 Å². The maximum Gasteiger partial charge on any atom is 0.251 e. The van der Waals surface area contributed by atoms with Crippen LogP contribution in [0.5, 0.6) is 0 Å². The molecule has 1 aliphatic rings. The van der Waals surface area contributed by atoms with E-state index in [1.165, 1.54) is 18.4 Å². The van der Waals surface area contributed by atoms with Crippen LogP contribution in [0.25, 0.3) is 0 Å². The fraction of sp³-hybridized carbons (Fsp3) is 0.350. The van der Waals surface area contributed by atoms with Crippen molar-refractivity contribution >= 4 is 5.91 Å². The van der Waals surface area contributed by atoms with Crippen LogP contribution < -0.4 is 11.1 Å². The van der Waals surface area contributed by atoms with E-state index in [1.54, 1.807) is 0 Å². The summed E-state index contributed by atoms with van der Waals surface area (Å²) in [6, 6.07) is 18.3. The van der Waals surface area contributed by atoms with Gasteiger partial charge in [-0.3, -0.25) is 4.79 Å². The summed E-state index contributed by atoms with van der Waals surface area (Å²) in [7, 11) is 0. The Kier molecular flexibility index (Phi) is 5.09. The van der Waals surface area contributed by atoms with E-state index < -0.39 is 0 Å². The standard InChI is InChI=1S/C20H24N2O/c21-19(17-12-13-17)14-22-20(23)18-9-5-4-8-16(18)11-10-15-6-2-1-3-7-15/h1-9,17,19H,10-14,21H2,(H,22,23). The number of aryl methyl sites for hydroxylation is 2. The lowest BCUT2D eigenvalue weighted by Gasteiger charge is -2.13. The van der Waals surface area contributed by atoms with Crippen molar-refractivity contribution in [1.82, 2.24) is 5.32 Å². The summed E-state index contributed by atoms with van der Waals surface area (Å²) in [5, 5.41) is 2.99. The van der Waals surface area contributed by atoms with Gasteiger partial charge in [0.15, 0.2) is 0 Å². The number of hydrogen-bond donors (Lipinski definition) is 2. The van der Waals surface area contributed by atoms with Crippen LogP contribution in [-0.2, 0) is 12.8 Å². The van der Waals surface area contributed by atoms with Crippen molar-refractivity contribution in [2.45, 2.75) is 31.7 Å². The molecule has 0 saturated heterocycles. The number of carbonyl (C=O) groups is 1. The topological polar surface area (TPSA) is 55.1 Å². The summed E-state index contributed by atoms with van der Waals surface area (Å²) in [5.41, 5.74) is 9.21. The van der Waals surface area contributed by atoms with Gasteiger partial charge in [0.1, 0.15) is 0 Å². The Balaban J connectivity index is 1.61. The molecule has 0 spiro atoms. The molecule has 3 nitrogen and oxygen atoms in total. The van der Waals surface area contributed by atoms with Crippen LogP contribution >= 0.6 is 0 Å². The first-order chi connectivity index (χ1) is 11.2. The number of rotatable bonds is 7. The van der Waals surface area contributed by atoms with Gasteiger partial charge in [-0.2, -0.15) is 0 Å². The SMILES string of the molecule is NC(CNC(=O)c1ccccc1CCc1ccccc1)C1CC1. The van der Waals surface area contributed by atoms with Crippen LogP contribution in [0.15, 0.2) is 54.6 Å². The van der Waals surface area contributed by atoms with Crippen LogP contribution in [0.3, 0.4) is 0 Å². The van der Waals surface area contributed by atoms with Crippen molar-refractivity contribution in [1.29, 1.82) is 0 Å². The highest BCUT2D eigenvalue weighted by atomic mass is 16.1. The first kappa shape index (κ1) is 15.8. The lowest BCUT2D eigenvalue weighted by Crippen LogP contribution is -2.38. The van der Waals surface area contributed by atoms with Crippen molar-refractivity contribution in [3.63, 3.8) is 0 Å². The molecule has 1 amide bonds. The van der Waals surface area contributed by atoms with E-state index >= 15 is 0 Å². The van der Waals surface area contributed by atoms with Crippen LogP contribution in [0.4, 0.5) is 0 Å². The second-order valence-corrected chi connectivity index (χ2v) is 6.35. The molecule has 2 aromatic rings. The molecule has 1 saturated carbocycles. The van der Waals surface area contributed by atoms with Crippen LogP contribution in [0, 0.1) is 5.92 Å². The Labute approximate surface area is 137 Å². The van der Waals surface area contributed by atoms with Crippen LogP contribution in [0.2, 0.25) is 0 Å². The quantitative estimate of drug-likeness (QED) is 0.826. The predicted octanol–water partition coefficient (Wildman–Crippen LogP) is 2.94. The Hall–Kier alpha value is -2.13. The van der Waals surface area contributed by atoms with E-state index in [9.17, 15) is 4.79 Å². The molecule has 1 aliphatic carbocycles. The first-order valence-electron chi connectivity index (χ1n) is 8.39. The number of benzene rings is 2. The molecule has 23 heavy (non-hydrogen) atoms. The second-order valence-electron chi connectivity index (χ2n) is 6.35.